The van der Waals surface area contributed by atoms with Crippen molar-refractivity contribution in [2.24, 2.45) is 0 Å². The minimum atomic E-state index is -4.44. The zero-order valence-corrected chi connectivity index (χ0v) is 12.1. The highest BCUT2D eigenvalue weighted by Crippen LogP contribution is 2.32. The Balaban J connectivity index is 2.14. The quantitative estimate of drug-likeness (QED) is 0.865. The molecular weight excluding hydrogens is 301 g/mol. The molecule has 0 spiro atoms. The second kappa shape index (κ2) is 6.35. The molecule has 0 amide bonds. The standard InChI is InChI=1S/C15H14ClF3N2/c1-2-10-5-3-4-6-11(10)8-20-14-13(16)7-12(9-21-14)15(17,18)19/h3-7,9H,2,8H2,1H3,(H,20,21). The van der Waals surface area contributed by atoms with Gasteiger partial charge in [0.05, 0.1) is 10.6 Å². The minimum absolute atomic E-state index is 0.0428. The first-order chi connectivity index (χ1) is 9.91. The molecule has 0 saturated heterocycles. The molecule has 1 aromatic carbocycles. The van der Waals surface area contributed by atoms with Crippen LogP contribution in [0.15, 0.2) is 36.5 Å². The van der Waals surface area contributed by atoms with Crippen molar-refractivity contribution >= 4 is 17.4 Å². The Morgan fingerprint density at radius 3 is 2.43 bits per heavy atom. The lowest BCUT2D eigenvalue weighted by Crippen LogP contribution is -2.08. The first-order valence-electron chi connectivity index (χ1n) is 6.45. The van der Waals surface area contributed by atoms with E-state index < -0.39 is 11.7 Å². The van der Waals surface area contributed by atoms with Crippen molar-refractivity contribution in [3.05, 3.63) is 58.2 Å². The van der Waals surface area contributed by atoms with Crippen LogP contribution in [0.3, 0.4) is 0 Å². The van der Waals surface area contributed by atoms with Crippen LogP contribution in [0.4, 0.5) is 19.0 Å². The van der Waals surface area contributed by atoms with E-state index in [1.165, 1.54) is 5.56 Å². The molecule has 0 atom stereocenters. The maximum Gasteiger partial charge on any atom is 0.417 e. The Labute approximate surface area is 126 Å². The second-order valence-electron chi connectivity index (χ2n) is 4.53. The predicted octanol–water partition coefficient (Wildman–Crippen LogP) is 4.93. The molecule has 0 aliphatic carbocycles. The fourth-order valence-electron chi connectivity index (χ4n) is 1.98. The van der Waals surface area contributed by atoms with Gasteiger partial charge in [0, 0.05) is 12.7 Å². The number of nitrogens with one attached hydrogen (secondary N) is 1. The molecule has 2 aromatic rings. The van der Waals surface area contributed by atoms with Crippen molar-refractivity contribution in [3.8, 4) is 0 Å². The van der Waals surface area contributed by atoms with Crippen LogP contribution in [0, 0.1) is 0 Å². The van der Waals surface area contributed by atoms with Gasteiger partial charge in [0.15, 0.2) is 0 Å². The van der Waals surface area contributed by atoms with Gasteiger partial charge in [-0.15, -0.1) is 0 Å². The van der Waals surface area contributed by atoms with Gasteiger partial charge in [-0.2, -0.15) is 13.2 Å². The van der Waals surface area contributed by atoms with Gasteiger partial charge in [0.25, 0.3) is 0 Å². The molecule has 0 radical (unpaired) electrons. The summed E-state index contributed by atoms with van der Waals surface area (Å²) in [4.78, 5) is 3.75. The topological polar surface area (TPSA) is 24.9 Å². The molecular formula is C15H14ClF3N2. The smallest absolute Gasteiger partial charge is 0.365 e. The van der Waals surface area contributed by atoms with E-state index in [0.717, 1.165) is 24.2 Å². The zero-order valence-electron chi connectivity index (χ0n) is 11.3. The average Bonchev–Trinajstić information content (AvgIpc) is 2.45. The van der Waals surface area contributed by atoms with Gasteiger partial charge in [0.1, 0.15) is 5.82 Å². The van der Waals surface area contributed by atoms with Gasteiger partial charge >= 0.3 is 6.18 Å². The average molecular weight is 315 g/mol. The Kier molecular flexibility index (Phi) is 4.73. The summed E-state index contributed by atoms with van der Waals surface area (Å²) in [5, 5.41) is 2.93. The number of rotatable bonds is 4. The maximum atomic E-state index is 12.5. The first kappa shape index (κ1) is 15.6. The van der Waals surface area contributed by atoms with E-state index in [-0.39, 0.29) is 10.8 Å². The number of hydrogen-bond acceptors (Lipinski definition) is 2. The molecule has 0 saturated carbocycles. The summed E-state index contributed by atoms with van der Waals surface area (Å²) < 4.78 is 37.6. The Hall–Kier alpha value is -1.75. The number of nitrogens with zero attached hydrogens (tertiary/aromatic N) is 1. The van der Waals surface area contributed by atoms with Crippen molar-refractivity contribution in [1.82, 2.24) is 4.98 Å². The summed E-state index contributed by atoms with van der Waals surface area (Å²) in [5.41, 5.74) is 1.39. The van der Waals surface area contributed by atoms with E-state index in [1.807, 2.05) is 31.2 Å². The Morgan fingerprint density at radius 1 is 1.19 bits per heavy atom. The number of aryl methyl sites for hydroxylation is 1. The van der Waals surface area contributed by atoms with Crippen molar-refractivity contribution in [2.75, 3.05) is 5.32 Å². The van der Waals surface area contributed by atoms with E-state index in [0.29, 0.717) is 6.54 Å². The van der Waals surface area contributed by atoms with E-state index in [2.05, 4.69) is 10.3 Å². The molecule has 1 N–H and O–H groups in total. The number of anilines is 1. The fourth-order valence-corrected chi connectivity index (χ4v) is 2.21. The number of aromatic nitrogens is 1. The summed E-state index contributed by atoms with van der Waals surface area (Å²) in [6, 6.07) is 8.72. The molecule has 0 aliphatic rings. The monoisotopic (exact) mass is 314 g/mol. The van der Waals surface area contributed by atoms with Crippen LogP contribution in [-0.2, 0) is 19.1 Å². The van der Waals surface area contributed by atoms with Crippen molar-refractivity contribution in [2.45, 2.75) is 26.1 Å². The van der Waals surface area contributed by atoms with Gasteiger partial charge < -0.3 is 5.32 Å². The van der Waals surface area contributed by atoms with Crippen molar-refractivity contribution in [3.63, 3.8) is 0 Å². The summed E-state index contributed by atoms with van der Waals surface area (Å²) in [6.07, 6.45) is -2.78. The molecule has 112 valence electrons. The fraction of sp³-hybridized carbons (Fsp3) is 0.267. The van der Waals surface area contributed by atoms with Gasteiger partial charge in [-0.25, -0.2) is 4.98 Å². The molecule has 1 aromatic heterocycles. The summed E-state index contributed by atoms with van der Waals surface area (Å²) in [6.45, 7) is 2.50. The summed E-state index contributed by atoms with van der Waals surface area (Å²) in [5.74, 6) is 0.246. The largest absolute Gasteiger partial charge is 0.417 e. The third kappa shape index (κ3) is 3.88. The third-order valence-corrected chi connectivity index (χ3v) is 3.40. The maximum absolute atomic E-state index is 12.5. The molecule has 1 heterocycles. The normalized spacial score (nSPS) is 11.5. The molecule has 0 bridgehead atoms. The summed E-state index contributed by atoms with van der Waals surface area (Å²) in [7, 11) is 0. The Morgan fingerprint density at radius 2 is 1.86 bits per heavy atom. The van der Waals surface area contributed by atoms with Crippen molar-refractivity contribution in [1.29, 1.82) is 0 Å². The van der Waals surface area contributed by atoms with Gasteiger partial charge in [0.2, 0.25) is 0 Å². The molecule has 2 rings (SSSR count). The molecule has 21 heavy (non-hydrogen) atoms. The van der Waals surface area contributed by atoms with Crippen LogP contribution in [-0.4, -0.2) is 4.98 Å². The predicted molar refractivity (Wildman–Crippen MR) is 77.4 cm³/mol. The highest BCUT2D eigenvalue weighted by atomic mass is 35.5. The molecule has 0 fully saturated rings. The molecule has 6 heteroatoms. The van der Waals surface area contributed by atoms with Crippen LogP contribution < -0.4 is 5.32 Å². The highest BCUT2D eigenvalue weighted by molar-refractivity contribution is 6.32. The first-order valence-corrected chi connectivity index (χ1v) is 6.83. The number of halogens is 4. The number of alkyl halides is 3. The number of hydrogen-bond donors (Lipinski definition) is 1. The van der Waals surface area contributed by atoms with Gasteiger partial charge in [-0.1, -0.05) is 42.8 Å². The Bertz CT molecular complexity index is 627. The lowest BCUT2D eigenvalue weighted by Gasteiger charge is -2.12. The van der Waals surface area contributed by atoms with E-state index in [4.69, 9.17) is 11.6 Å². The highest BCUT2D eigenvalue weighted by Gasteiger charge is 2.31. The van der Waals surface area contributed by atoms with E-state index in [9.17, 15) is 13.2 Å². The lowest BCUT2D eigenvalue weighted by atomic mass is 10.1. The number of pyridine rings is 1. The van der Waals surface area contributed by atoms with E-state index in [1.54, 1.807) is 0 Å². The second-order valence-corrected chi connectivity index (χ2v) is 4.94. The van der Waals surface area contributed by atoms with Crippen LogP contribution in [0.5, 0.6) is 0 Å². The van der Waals surface area contributed by atoms with Crippen LogP contribution in [0.1, 0.15) is 23.6 Å². The van der Waals surface area contributed by atoms with Crippen LogP contribution >= 0.6 is 11.6 Å². The van der Waals surface area contributed by atoms with Crippen molar-refractivity contribution < 1.29 is 13.2 Å². The molecule has 2 nitrogen and oxygen atoms in total. The molecule has 0 aliphatic heterocycles. The van der Waals surface area contributed by atoms with Gasteiger partial charge in [-0.3, -0.25) is 0 Å². The SMILES string of the molecule is CCc1ccccc1CNc1ncc(C(F)(F)F)cc1Cl. The van der Waals surface area contributed by atoms with Crippen LogP contribution in [0.25, 0.3) is 0 Å². The minimum Gasteiger partial charge on any atom is -0.365 e. The van der Waals surface area contributed by atoms with E-state index >= 15 is 0 Å². The molecule has 0 unspecified atom stereocenters. The summed E-state index contributed by atoms with van der Waals surface area (Å²) >= 11 is 5.85. The zero-order chi connectivity index (χ0) is 15.5. The lowest BCUT2D eigenvalue weighted by molar-refractivity contribution is -0.137. The van der Waals surface area contributed by atoms with Crippen LogP contribution in [0.2, 0.25) is 5.02 Å². The number of benzene rings is 1. The third-order valence-electron chi connectivity index (χ3n) is 3.11. The van der Waals surface area contributed by atoms with Gasteiger partial charge in [-0.05, 0) is 23.6 Å².